The number of aromatic nitrogens is 2. The van der Waals surface area contributed by atoms with Gasteiger partial charge in [0.2, 0.25) is 5.91 Å². The predicted molar refractivity (Wildman–Crippen MR) is 109 cm³/mol. The molecule has 0 radical (unpaired) electrons. The van der Waals surface area contributed by atoms with Crippen molar-refractivity contribution in [3.05, 3.63) is 75.9 Å². The molecule has 0 saturated carbocycles. The number of nitrogens with zero attached hydrogens (tertiary/aromatic N) is 2. The van der Waals surface area contributed by atoms with Crippen molar-refractivity contribution in [2.75, 3.05) is 5.32 Å². The van der Waals surface area contributed by atoms with Gasteiger partial charge in [-0.25, -0.2) is 4.68 Å². The summed E-state index contributed by atoms with van der Waals surface area (Å²) in [6, 6.07) is 14.8. The number of Topliss-reactive ketones (excluding diaryl/α,β-unsaturated/α-hetero) is 1. The predicted octanol–water partition coefficient (Wildman–Crippen LogP) is 4.71. The molecule has 2 aromatic carbocycles. The van der Waals surface area contributed by atoms with E-state index in [2.05, 4.69) is 17.3 Å². The summed E-state index contributed by atoms with van der Waals surface area (Å²) < 4.78 is 1.71. The number of hydrogen-bond donors (Lipinski definition) is 1. The van der Waals surface area contributed by atoms with Gasteiger partial charge >= 0.3 is 0 Å². The van der Waals surface area contributed by atoms with E-state index in [0.29, 0.717) is 16.4 Å². The number of aryl methyl sites for hydroxylation is 2. The fraction of sp³-hybridized carbons (Fsp3) is 0.227. The lowest BCUT2D eigenvalue weighted by Gasteiger charge is -2.23. The Hall–Kier alpha value is -2.92. The van der Waals surface area contributed by atoms with Gasteiger partial charge in [-0.05, 0) is 55.3 Å². The Morgan fingerprint density at radius 1 is 1.18 bits per heavy atom. The van der Waals surface area contributed by atoms with Gasteiger partial charge in [0.1, 0.15) is 5.82 Å². The lowest BCUT2D eigenvalue weighted by Crippen LogP contribution is -2.28. The molecular weight excluding hydrogens is 374 g/mol. The number of amides is 1. The quantitative estimate of drug-likeness (QED) is 0.653. The van der Waals surface area contributed by atoms with E-state index in [0.717, 1.165) is 23.4 Å². The first kappa shape index (κ1) is 18.4. The number of hydrogen-bond acceptors (Lipinski definition) is 3. The number of carbonyl (C=O) groups excluding carboxylic acids is 2. The molecule has 0 saturated heterocycles. The molecule has 0 unspecified atom stereocenters. The maximum Gasteiger partial charge on any atom is 0.226 e. The topological polar surface area (TPSA) is 64.0 Å². The molecule has 1 aromatic heterocycles. The molecule has 6 heteroatoms. The Morgan fingerprint density at radius 2 is 1.86 bits per heavy atom. The first-order valence-electron chi connectivity index (χ1n) is 9.26. The molecule has 1 amide bonds. The first-order valence-corrected chi connectivity index (χ1v) is 9.64. The summed E-state index contributed by atoms with van der Waals surface area (Å²) in [7, 11) is 0. The summed E-state index contributed by atoms with van der Waals surface area (Å²) >= 11 is 5.94. The van der Waals surface area contributed by atoms with Crippen molar-refractivity contribution in [3.63, 3.8) is 0 Å². The number of benzene rings is 2. The third kappa shape index (κ3) is 3.22. The molecule has 0 bridgehead atoms. The molecule has 0 spiro atoms. The highest BCUT2D eigenvalue weighted by Gasteiger charge is 2.36. The van der Waals surface area contributed by atoms with Crippen molar-refractivity contribution in [1.29, 1.82) is 0 Å². The van der Waals surface area contributed by atoms with E-state index in [-0.39, 0.29) is 18.1 Å². The lowest BCUT2D eigenvalue weighted by molar-refractivity contribution is -0.116. The fourth-order valence-electron chi connectivity index (χ4n) is 3.65. The Kier molecular flexibility index (Phi) is 4.77. The van der Waals surface area contributed by atoms with E-state index >= 15 is 0 Å². The molecule has 1 aliphatic heterocycles. The van der Waals surface area contributed by atoms with Crippen LogP contribution in [-0.2, 0) is 11.2 Å². The fourth-order valence-corrected chi connectivity index (χ4v) is 3.77. The maximum atomic E-state index is 13.1. The zero-order chi connectivity index (χ0) is 19.8. The third-order valence-corrected chi connectivity index (χ3v) is 5.39. The van der Waals surface area contributed by atoms with Crippen molar-refractivity contribution in [1.82, 2.24) is 9.78 Å². The van der Waals surface area contributed by atoms with Crippen LogP contribution in [0.25, 0.3) is 5.69 Å². The number of rotatable bonds is 4. The molecule has 4 rings (SSSR count). The Morgan fingerprint density at radius 3 is 2.50 bits per heavy atom. The normalized spacial score (nSPS) is 15.8. The Bertz CT molecular complexity index is 1050. The van der Waals surface area contributed by atoms with Crippen LogP contribution in [0.4, 0.5) is 5.82 Å². The van der Waals surface area contributed by atoms with Crippen molar-refractivity contribution >= 4 is 29.1 Å². The molecule has 5 nitrogen and oxygen atoms in total. The number of ketones is 1. The average Bonchev–Trinajstić information content (AvgIpc) is 3.03. The second-order valence-electron chi connectivity index (χ2n) is 6.96. The van der Waals surface area contributed by atoms with Crippen molar-refractivity contribution < 1.29 is 9.59 Å². The second kappa shape index (κ2) is 7.24. The molecule has 28 heavy (non-hydrogen) atoms. The second-order valence-corrected chi connectivity index (χ2v) is 7.39. The smallest absolute Gasteiger partial charge is 0.226 e. The highest BCUT2D eigenvalue weighted by molar-refractivity contribution is 6.30. The number of fused-ring (bicyclic) bond motifs is 1. The summed E-state index contributed by atoms with van der Waals surface area (Å²) in [5.41, 5.74) is 4.12. The van der Waals surface area contributed by atoms with Crippen LogP contribution >= 0.6 is 11.6 Å². The van der Waals surface area contributed by atoms with E-state index in [1.807, 2.05) is 31.2 Å². The Balaban J connectivity index is 1.78. The highest BCUT2D eigenvalue weighted by Crippen LogP contribution is 2.38. The minimum atomic E-state index is -0.561. The summed E-state index contributed by atoms with van der Waals surface area (Å²) in [4.78, 5) is 25.5. The van der Waals surface area contributed by atoms with E-state index < -0.39 is 5.92 Å². The summed E-state index contributed by atoms with van der Waals surface area (Å²) in [6.07, 6.45) is 1.06. The molecule has 2 heterocycles. The monoisotopic (exact) mass is 393 g/mol. The van der Waals surface area contributed by atoms with E-state index in [4.69, 9.17) is 11.6 Å². The summed E-state index contributed by atoms with van der Waals surface area (Å²) in [5.74, 6) is -0.276. The minimum absolute atomic E-state index is 0.100. The van der Waals surface area contributed by atoms with Crippen LogP contribution in [0, 0.1) is 6.92 Å². The number of nitrogens with one attached hydrogen (secondary N) is 1. The van der Waals surface area contributed by atoms with Gasteiger partial charge in [0.15, 0.2) is 5.78 Å². The molecule has 1 aliphatic rings. The van der Waals surface area contributed by atoms with Crippen LogP contribution in [0.15, 0.2) is 48.5 Å². The molecule has 3 aromatic rings. The first-order chi connectivity index (χ1) is 13.5. The van der Waals surface area contributed by atoms with Crippen molar-refractivity contribution in [2.45, 2.75) is 32.6 Å². The van der Waals surface area contributed by atoms with Crippen molar-refractivity contribution in [2.24, 2.45) is 0 Å². The number of halogens is 1. The SMILES string of the molecule is CCc1ccc(-n2nc(C)c3c2NC(=O)C[C@H]3C(=O)c2ccc(Cl)cc2)cc1. The van der Waals surface area contributed by atoms with Gasteiger partial charge in [0.25, 0.3) is 0 Å². The van der Waals surface area contributed by atoms with Gasteiger partial charge in [-0.3, -0.25) is 9.59 Å². The zero-order valence-electron chi connectivity index (χ0n) is 15.7. The van der Waals surface area contributed by atoms with Crippen molar-refractivity contribution in [3.8, 4) is 5.69 Å². The molecule has 0 aliphatic carbocycles. The maximum absolute atomic E-state index is 13.1. The van der Waals surface area contributed by atoms with Gasteiger partial charge in [-0.2, -0.15) is 5.10 Å². The van der Waals surface area contributed by atoms with Crippen LogP contribution in [0.5, 0.6) is 0 Å². The summed E-state index contributed by atoms with van der Waals surface area (Å²) in [6.45, 7) is 3.97. The largest absolute Gasteiger partial charge is 0.310 e. The minimum Gasteiger partial charge on any atom is -0.310 e. The Labute approximate surface area is 168 Å². The van der Waals surface area contributed by atoms with E-state index in [1.54, 1.807) is 28.9 Å². The van der Waals surface area contributed by atoms with Crippen LogP contribution in [0.3, 0.4) is 0 Å². The van der Waals surface area contributed by atoms with Gasteiger partial charge in [-0.1, -0.05) is 30.7 Å². The van der Waals surface area contributed by atoms with Crippen LogP contribution < -0.4 is 5.32 Å². The van der Waals surface area contributed by atoms with E-state index in [9.17, 15) is 9.59 Å². The molecule has 1 N–H and O–H groups in total. The molecule has 142 valence electrons. The summed E-state index contributed by atoms with van der Waals surface area (Å²) in [5, 5.41) is 8.10. The highest BCUT2D eigenvalue weighted by atomic mass is 35.5. The van der Waals surface area contributed by atoms with E-state index in [1.165, 1.54) is 5.56 Å². The molecule has 0 fully saturated rings. The van der Waals surface area contributed by atoms with Gasteiger partial charge in [0, 0.05) is 22.6 Å². The average molecular weight is 394 g/mol. The van der Waals surface area contributed by atoms with Gasteiger partial charge in [0.05, 0.1) is 17.3 Å². The molecular formula is C22H20ClN3O2. The number of anilines is 1. The van der Waals surface area contributed by atoms with Gasteiger partial charge in [-0.15, -0.1) is 0 Å². The molecule has 1 atom stereocenters. The zero-order valence-corrected chi connectivity index (χ0v) is 16.5. The lowest BCUT2D eigenvalue weighted by atomic mass is 9.85. The van der Waals surface area contributed by atoms with Gasteiger partial charge < -0.3 is 5.32 Å². The third-order valence-electron chi connectivity index (χ3n) is 5.14. The van der Waals surface area contributed by atoms with Crippen LogP contribution in [-0.4, -0.2) is 21.5 Å². The van der Waals surface area contributed by atoms with Crippen LogP contribution in [0.1, 0.15) is 46.4 Å². The van der Waals surface area contributed by atoms with Crippen LogP contribution in [0.2, 0.25) is 5.02 Å². The number of carbonyl (C=O) groups is 2. The standard InChI is InChI=1S/C22H20ClN3O2/c1-3-14-4-10-17(11-5-14)26-22-20(13(2)25-26)18(12-19(27)24-22)21(28)15-6-8-16(23)9-7-15/h4-11,18H,3,12H2,1-2H3,(H,24,27)/t18-/m1/s1.